The van der Waals surface area contributed by atoms with E-state index in [0.29, 0.717) is 23.5 Å². The van der Waals surface area contributed by atoms with Crippen molar-refractivity contribution in [3.63, 3.8) is 0 Å². The average molecular weight is 437 g/mol. The summed E-state index contributed by atoms with van der Waals surface area (Å²) in [6.45, 7) is 5.36. The molecular formula is C17H17ClN6O4S. The molecule has 0 aliphatic heterocycles. The van der Waals surface area contributed by atoms with Crippen LogP contribution in [0.15, 0.2) is 44.2 Å². The molecule has 0 aliphatic rings. The molecule has 0 atom stereocenters. The first-order valence-corrected chi connectivity index (χ1v) is 10.3. The molecule has 0 fully saturated rings. The molecule has 0 saturated heterocycles. The number of rotatable bonds is 5. The van der Waals surface area contributed by atoms with Gasteiger partial charge in [0.2, 0.25) is 0 Å². The molecule has 10 nitrogen and oxygen atoms in total. The van der Waals surface area contributed by atoms with Crippen molar-refractivity contribution < 1.29 is 13.0 Å². The van der Waals surface area contributed by atoms with Crippen molar-refractivity contribution in [2.24, 2.45) is 10.2 Å². The van der Waals surface area contributed by atoms with Crippen LogP contribution in [-0.4, -0.2) is 32.7 Å². The van der Waals surface area contributed by atoms with Crippen LogP contribution in [0.5, 0.6) is 0 Å². The Morgan fingerprint density at radius 1 is 1.17 bits per heavy atom. The summed E-state index contributed by atoms with van der Waals surface area (Å²) in [6.07, 6.45) is 0.666. The van der Waals surface area contributed by atoms with E-state index in [0.717, 1.165) is 10.2 Å². The SMILES string of the molecule is CCc1c(C)nc(-n2[nH]c(C)c(N=Nc3ccc(S(=O)(=O)O)cc3)c2=O)nc1Cl. The summed E-state index contributed by atoms with van der Waals surface area (Å²) in [5.41, 5.74) is 1.74. The predicted molar refractivity (Wildman–Crippen MR) is 106 cm³/mol. The van der Waals surface area contributed by atoms with Crippen LogP contribution in [0.3, 0.4) is 0 Å². The van der Waals surface area contributed by atoms with E-state index >= 15 is 0 Å². The number of aryl methyl sites for hydroxylation is 2. The van der Waals surface area contributed by atoms with Crippen LogP contribution in [0.1, 0.15) is 23.9 Å². The Hall–Kier alpha value is -2.89. The van der Waals surface area contributed by atoms with Crippen LogP contribution in [-0.2, 0) is 16.5 Å². The van der Waals surface area contributed by atoms with Crippen molar-refractivity contribution in [2.45, 2.75) is 32.1 Å². The van der Waals surface area contributed by atoms with Gasteiger partial charge in [0, 0.05) is 11.3 Å². The Kier molecular flexibility index (Phi) is 5.64. The number of nitrogens with one attached hydrogen (secondary N) is 1. The van der Waals surface area contributed by atoms with Crippen LogP contribution in [0.2, 0.25) is 5.15 Å². The maximum atomic E-state index is 12.7. The predicted octanol–water partition coefficient (Wildman–Crippen LogP) is 3.45. The van der Waals surface area contributed by atoms with Crippen molar-refractivity contribution in [1.82, 2.24) is 19.7 Å². The summed E-state index contributed by atoms with van der Waals surface area (Å²) in [5, 5.41) is 11.0. The fourth-order valence-electron chi connectivity index (χ4n) is 2.64. The number of benzene rings is 1. The normalized spacial score (nSPS) is 12.0. The monoisotopic (exact) mass is 436 g/mol. The minimum absolute atomic E-state index is 0.0424. The molecule has 2 N–H and O–H groups in total. The van der Waals surface area contributed by atoms with Crippen LogP contribution < -0.4 is 5.56 Å². The van der Waals surface area contributed by atoms with Gasteiger partial charge in [0.1, 0.15) is 5.15 Å². The van der Waals surface area contributed by atoms with Crippen LogP contribution in [0, 0.1) is 13.8 Å². The molecule has 2 aromatic heterocycles. The van der Waals surface area contributed by atoms with E-state index in [9.17, 15) is 13.2 Å². The Labute approximate surface area is 171 Å². The standard InChI is InChI=1S/C17H17ClN6O4S/c1-4-13-9(2)19-17(20-15(13)18)24-16(25)14(10(3)23-24)22-21-11-5-7-12(8-6-11)29(26,27)28/h5-8,23H,4H2,1-3H3,(H,26,27,28). The molecule has 0 radical (unpaired) electrons. The average Bonchev–Trinajstić information content (AvgIpc) is 2.93. The lowest BCUT2D eigenvalue weighted by Gasteiger charge is -2.07. The molecule has 0 aliphatic carbocycles. The lowest BCUT2D eigenvalue weighted by Crippen LogP contribution is -2.18. The maximum Gasteiger partial charge on any atom is 0.301 e. The number of nitrogens with zero attached hydrogens (tertiary/aromatic N) is 5. The molecule has 3 aromatic rings. The molecule has 0 spiro atoms. The number of azo groups is 1. The van der Waals surface area contributed by atoms with Crippen molar-refractivity contribution >= 4 is 33.1 Å². The van der Waals surface area contributed by atoms with Gasteiger partial charge >= 0.3 is 5.56 Å². The van der Waals surface area contributed by atoms with Gasteiger partial charge < -0.3 is 0 Å². The van der Waals surface area contributed by atoms with E-state index in [2.05, 4.69) is 25.3 Å². The van der Waals surface area contributed by atoms with Crippen LogP contribution >= 0.6 is 11.6 Å². The highest BCUT2D eigenvalue weighted by Crippen LogP contribution is 2.22. The highest BCUT2D eigenvalue weighted by atomic mass is 35.5. The highest BCUT2D eigenvalue weighted by molar-refractivity contribution is 7.85. The summed E-state index contributed by atoms with van der Waals surface area (Å²) >= 11 is 6.19. The van der Waals surface area contributed by atoms with Crippen molar-refractivity contribution in [3.05, 3.63) is 56.7 Å². The lowest BCUT2D eigenvalue weighted by molar-refractivity contribution is 0.483. The fraction of sp³-hybridized carbons (Fsp3) is 0.235. The molecule has 1 aromatic carbocycles. The van der Waals surface area contributed by atoms with Gasteiger partial charge in [0.15, 0.2) is 5.69 Å². The van der Waals surface area contributed by atoms with Gasteiger partial charge in [0.05, 0.1) is 16.3 Å². The Morgan fingerprint density at radius 3 is 2.38 bits per heavy atom. The Balaban J connectivity index is 1.96. The number of hydrogen-bond donors (Lipinski definition) is 2. The highest BCUT2D eigenvalue weighted by Gasteiger charge is 2.17. The molecule has 152 valence electrons. The zero-order valence-electron chi connectivity index (χ0n) is 15.7. The Morgan fingerprint density at radius 2 is 1.83 bits per heavy atom. The first-order valence-electron chi connectivity index (χ1n) is 8.46. The molecule has 0 saturated carbocycles. The van der Waals surface area contributed by atoms with Gasteiger partial charge in [-0.1, -0.05) is 18.5 Å². The third-order valence-corrected chi connectivity index (χ3v) is 5.33. The van der Waals surface area contributed by atoms with E-state index in [4.69, 9.17) is 16.2 Å². The summed E-state index contributed by atoms with van der Waals surface area (Å²) in [6, 6.07) is 5.06. The summed E-state index contributed by atoms with van der Waals surface area (Å²) in [5.74, 6) is 0.0942. The lowest BCUT2D eigenvalue weighted by atomic mass is 10.2. The van der Waals surface area contributed by atoms with E-state index < -0.39 is 15.7 Å². The van der Waals surface area contributed by atoms with E-state index in [1.165, 1.54) is 24.3 Å². The smallest absolute Gasteiger partial charge is 0.290 e. The van der Waals surface area contributed by atoms with Crippen molar-refractivity contribution in [3.8, 4) is 5.95 Å². The van der Waals surface area contributed by atoms with Crippen LogP contribution in [0.4, 0.5) is 11.4 Å². The summed E-state index contributed by atoms with van der Waals surface area (Å²) < 4.78 is 32.3. The first kappa shape index (κ1) is 20.8. The number of aromatic nitrogens is 4. The molecule has 0 bridgehead atoms. The molecular weight excluding hydrogens is 420 g/mol. The molecule has 12 heteroatoms. The zero-order valence-corrected chi connectivity index (χ0v) is 17.3. The number of halogens is 1. The first-order chi connectivity index (χ1) is 13.6. The number of H-pyrrole nitrogens is 1. The third-order valence-electron chi connectivity index (χ3n) is 4.15. The topological polar surface area (TPSA) is 143 Å². The molecule has 3 rings (SSSR count). The summed E-state index contributed by atoms with van der Waals surface area (Å²) in [4.78, 5) is 20.9. The minimum Gasteiger partial charge on any atom is -0.290 e. The second-order valence-corrected chi connectivity index (χ2v) is 7.91. The maximum absolute atomic E-state index is 12.7. The van der Waals surface area contributed by atoms with Crippen LogP contribution in [0.25, 0.3) is 5.95 Å². The molecule has 0 amide bonds. The van der Waals surface area contributed by atoms with E-state index in [1.54, 1.807) is 13.8 Å². The van der Waals surface area contributed by atoms with E-state index in [1.807, 2.05) is 6.92 Å². The van der Waals surface area contributed by atoms with E-state index in [-0.39, 0.29) is 21.7 Å². The second-order valence-electron chi connectivity index (χ2n) is 6.13. The Bertz CT molecular complexity index is 1240. The van der Waals surface area contributed by atoms with Crippen molar-refractivity contribution in [1.29, 1.82) is 0 Å². The van der Waals surface area contributed by atoms with Gasteiger partial charge in [-0.15, -0.1) is 5.11 Å². The quantitative estimate of drug-likeness (QED) is 0.356. The number of aromatic amines is 1. The third kappa shape index (κ3) is 4.26. The minimum atomic E-state index is -4.29. The van der Waals surface area contributed by atoms with Gasteiger partial charge in [-0.25, -0.2) is 4.98 Å². The summed E-state index contributed by atoms with van der Waals surface area (Å²) in [7, 11) is -4.29. The van der Waals surface area contributed by atoms with Crippen molar-refractivity contribution in [2.75, 3.05) is 0 Å². The zero-order chi connectivity index (χ0) is 21.3. The molecule has 29 heavy (non-hydrogen) atoms. The second kappa shape index (κ2) is 7.85. The molecule has 2 heterocycles. The van der Waals surface area contributed by atoms with Gasteiger partial charge in [-0.05, 0) is 44.5 Å². The largest absolute Gasteiger partial charge is 0.301 e. The van der Waals surface area contributed by atoms with Gasteiger partial charge in [-0.2, -0.15) is 23.2 Å². The fourth-order valence-corrected chi connectivity index (χ4v) is 3.46. The van der Waals surface area contributed by atoms with Gasteiger partial charge in [-0.3, -0.25) is 14.4 Å². The number of hydrogen-bond acceptors (Lipinski definition) is 7. The van der Waals surface area contributed by atoms with Gasteiger partial charge in [0.25, 0.3) is 16.1 Å². The molecule has 0 unspecified atom stereocenters.